The summed E-state index contributed by atoms with van der Waals surface area (Å²) in [6, 6.07) is 0. The highest BCUT2D eigenvalue weighted by Crippen LogP contribution is 2.43. The van der Waals surface area contributed by atoms with Gasteiger partial charge < -0.3 is 9.47 Å². The van der Waals surface area contributed by atoms with Gasteiger partial charge in [0.2, 0.25) is 0 Å². The number of rotatable bonds is 12. The number of carbonyl (C=O) groups is 2. The number of esters is 2. The number of ether oxygens (including phenoxy) is 2. The molecule has 2 rings (SSSR count). The van der Waals surface area contributed by atoms with E-state index in [1.165, 1.54) is 52.9 Å². The van der Waals surface area contributed by atoms with Gasteiger partial charge in [-0.2, -0.15) is 0 Å². The lowest BCUT2D eigenvalue weighted by molar-refractivity contribution is -0.148. The third-order valence-corrected chi connectivity index (χ3v) is 8.95. The van der Waals surface area contributed by atoms with E-state index in [1.807, 2.05) is 0 Å². The lowest BCUT2D eigenvalue weighted by atomic mass is 9.67. The zero-order valence-electron chi connectivity index (χ0n) is 31.6. The van der Waals surface area contributed by atoms with Crippen LogP contribution in [0.15, 0.2) is 130 Å². The Bertz CT molecular complexity index is 1500. The zero-order valence-corrected chi connectivity index (χ0v) is 31.6. The Balaban J connectivity index is 1.92. The predicted octanol–water partition coefficient (Wildman–Crippen LogP) is 11.5. The molecule has 0 radical (unpaired) electrons. The van der Waals surface area contributed by atoms with Gasteiger partial charge in [0.1, 0.15) is 12.2 Å². The summed E-state index contributed by atoms with van der Waals surface area (Å²) in [6.45, 7) is 24.6. The predicted molar refractivity (Wildman–Crippen MR) is 203 cm³/mol. The van der Waals surface area contributed by atoms with Gasteiger partial charge in [-0.25, -0.2) is 0 Å². The summed E-state index contributed by atoms with van der Waals surface area (Å²) < 4.78 is 11.0. The minimum Gasteiger partial charge on any atom is -0.462 e. The molecule has 0 N–H and O–H groups in total. The van der Waals surface area contributed by atoms with Crippen molar-refractivity contribution in [2.45, 2.75) is 115 Å². The highest BCUT2D eigenvalue weighted by Gasteiger charge is 2.36. The third kappa shape index (κ3) is 14.1. The Kier molecular flexibility index (Phi) is 15.6. The van der Waals surface area contributed by atoms with Gasteiger partial charge in [0.25, 0.3) is 0 Å². The Morgan fingerprint density at radius 1 is 0.688 bits per heavy atom. The summed E-state index contributed by atoms with van der Waals surface area (Å²) in [4.78, 5) is 22.9. The average molecular weight is 653 g/mol. The smallest absolute Gasteiger partial charge is 0.303 e. The maximum absolute atomic E-state index is 11.4. The number of hydrogen-bond acceptors (Lipinski definition) is 4. The third-order valence-electron chi connectivity index (χ3n) is 8.95. The molecule has 0 bridgehead atoms. The van der Waals surface area contributed by atoms with Crippen LogP contribution in [-0.4, -0.2) is 24.1 Å². The fourth-order valence-electron chi connectivity index (χ4n) is 6.69. The van der Waals surface area contributed by atoms with Crippen LogP contribution in [0.25, 0.3) is 0 Å². The van der Waals surface area contributed by atoms with E-state index in [4.69, 9.17) is 9.47 Å². The Morgan fingerprint density at radius 2 is 1.19 bits per heavy atom. The highest BCUT2D eigenvalue weighted by atomic mass is 16.5. The molecular formula is C44H60O4. The summed E-state index contributed by atoms with van der Waals surface area (Å²) in [7, 11) is 0. The van der Waals surface area contributed by atoms with E-state index in [0.717, 1.165) is 19.3 Å². The van der Waals surface area contributed by atoms with Gasteiger partial charge >= 0.3 is 11.9 Å². The molecule has 0 heterocycles. The van der Waals surface area contributed by atoms with Gasteiger partial charge in [-0.3, -0.25) is 9.59 Å². The fraction of sp³-hybridized carbons (Fsp3) is 0.455. The zero-order chi connectivity index (χ0) is 36.1. The molecular weight excluding hydrogens is 592 g/mol. The molecule has 0 spiro atoms. The molecule has 0 aromatic rings. The van der Waals surface area contributed by atoms with Crippen molar-refractivity contribution in [3.63, 3.8) is 0 Å². The van der Waals surface area contributed by atoms with E-state index >= 15 is 0 Å². The summed E-state index contributed by atoms with van der Waals surface area (Å²) in [5, 5.41) is 0. The molecule has 0 fully saturated rings. The summed E-state index contributed by atoms with van der Waals surface area (Å²) in [5.74, 6) is -0.130. The van der Waals surface area contributed by atoms with Gasteiger partial charge in [-0.05, 0) is 76.9 Å². The molecule has 48 heavy (non-hydrogen) atoms. The highest BCUT2D eigenvalue weighted by molar-refractivity contribution is 5.66. The van der Waals surface area contributed by atoms with Crippen molar-refractivity contribution in [1.82, 2.24) is 0 Å². The Morgan fingerprint density at radius 3 is 1.69 bits per heavy atom. The molecule has 3 atom stereocenters. The van der Waals surface area contributed by atoms with Gasteiger partial charge in [0.15, 0.2) is 0 Å². The average Bonchev–Trinajstić information content (AvgIpc) is 2.93. The van der Waals surface area contributed by atoms with Crippen molar-refractivity contribution in [2.24, 2.45) is 16.7 Å². The molecule has 0 aliphatic heterocycles. The van der Waals surface area contributed by atoms with Crippen LogP contribution in [0.5, 0.6) is 0 Å². The van der Waals surface area contributed by atoms with Crippen LogP contribution in [0.2, 0.25) is 0 Å². The standard InChI is InChI=1S/C44H60O4/c1-31(19-15-21-33(3)23-25-41-35(5)27-39(47-37(7)45)29-43(41,9)10)17-13-14-18-32(2)20-16-22-34(4)24-26-42-36(6)28-40(48-38(8)46)30-44(42,11)12/h13-27,39-41H,28-30H2,1-12H3/b14-13+,19-15+,20-16+,25-23+,26-24+,31-17+,32-18+,33-21+,34-22+/t39-,40+,41-/m0/s1. The van der Waals surface area contributed by atoms with E-state index in [1.54, 1.807) is 0 Å². The van der Waals surface area contributed by atoms with Crippen LogP contribution in [-0.2, 0) is 19.1 Å². The summed E-state index contributed by atoms with van der Waals surface area (Å²) in [6.07, 6.45) is 34.2. The first-order valence-corrected chi connectivity index (χ1v) is 17.2. The largest absolute Gasteiger partial charge is 0.462 e. The molecule has 0 amide bonds. The van der Waals surface area contributed by atoms with Crippen molar-refractivity contribution in [2.75, 3.05) is 0 Å². The second kappa shape index (κ2) is 18.6. The molecule has 4 heteroatoms. The molecule has 2 aliphatic carbocycles. The first kappa shape index (κ1) is 40.3. The monoisotopic (exact) mass is 652 g/mol. The molecule has 4 nitrogen and oxygen atoms in total. The van der Waals surface area contributed by atoms with Crippen molar-refractivity contribution in [3.8, 4) is 0 Å². The molecule has 260 valence electrons. The normalized spacial score (nSPS) is 24.4. The maximum atomic E-state index is 11.4. The topological polar surface area (TPSA) is 52.6 Å². The molecule has 2 aliphatic rings. The van der Waals surface area contributed by atoms with Crippen molar-refractivity contribution in [3.05, 3.63) is 130 Å². The van der Waals surface area contributed by atoms with Gasteiger partial charge in [-0.15, -0.1) is 0 Å². The van der Waals surface area contributed by atoms with E-state index in [0.29, 0.717) is 5.92 Å². The van der Waals surface area contributed by atoms with Crippen molar-refractivity contribution >= 4 is 11.9 Å². The molecule has 0 aromatic heterocycles. The Labute approximate surface area is 291 Å². The first-order chi connectivity index (χ1) is 22.4. The van der Waals surface area contributed by atoms with Crippen LogP contribution < -0.4 is 0 Å². The van der Waals surface area contributed by atoms with Crippen molar-refractivity contribution < 1.29 is 19.1 Å². The van der Waals surface area contributed by atoms with Crippen LogP contribution >= 0.6 is 0 Å². The maximum Gasteiger partial charge on any atom is 0.303 e. The van der Waals surface area contributed by atoms with Gasteiger partial charge in [-0.1, -0.05) is 146 Å². The van der Waals surface area contributed by atoms with Crippen LogP contribution in [0.4, 0.5) is 0 Å². The van der Waals surface area contributed by atoms with Crippen LogP contribution in [0.1, 0.15) is 102 Å². The number of hydrogen-bond donors (Lipinski definition) is 0. The minimum absolute atomic E-state index is 0.0110. The number of carbonyl (C=O) groups excluding carboxylic acids is 2. The summed E-state index contributed by atoms with van der Waals surface area (Å²) >= 11 is 0. The molecule has 0 saturated heterocycles. The second-order valence-corrected chi connectivity index (χ2v) is 14.9. The fourth-order valence-corrected chi connectivity index (χ4v) is 6.69. The SMILES string of the molecule is CC(=O)O[C@@H]1CC(C)=C(/C=C/C(C)=C/C=C/C(C)=C/C=C/C=C(C)/C=C/C=C(C)/C=C/[C@H]2C(C)=C[C@H](OC(C)=O)CC2(C)C)C(C)(C)C1. The second-order valence-electron chi connectivity index (χ2n) is 14.9. The van der Waals surface area contributed by atoms with Crippen LogP contribution in [0, 0.1) is 16.7 Å². The van der Waals surface area contributed by atoms with Crippen molar-refractivity contribution in [1.29, 1.82) is 0 Å². The van der Waals surface area contributed by atoms with Crippen LogP contribution in [0.3, 0.4) is 0 Å². The molecule has 0 aromatic carbocycles. The van der Waals surface area contributed by atoms with Gasteiger partial charge in [0.05, 0.1) is 0 Å². The minimum atomic E-state index is -0.228. The van der Waals surface area contributed by atoms with Gasteiger partial charge in [0, 0.05) is 26.2 Å². The van der Waals surface area contributed by atoms with E-state index in [2.05, 4.69) is 160 Å². The quantitative estimate of drug-likeness (QED) is 0.120. The van der Waals surface area contributed by atoms with E-state index in [-0.39, 0.29) is 35.0 Å². The van der Waals surface area contributed by atoms with E-state index < -0.39 is 0 Å². The van der Waals surface area contributed by atoms with E-state index in [9.17, 15) is 9.59 Å². The molecule has 0 saturated carbocycles. The Hall–Kier alpha value is -3.92. The molecule has 0 unspecified atom stereocenters. The first-order valence-electron chi connectivity index (χ1n) is 17.2. The summed E-state index contributed by atoms with van der Waals surface area (Å²) in [5.41, 5.74) is 8.53. The lowest BCUT2D eigenvalue weighted by Crippen LogP contribution is -2.34. The number of allylic oxidation sites excluding steroid dienone is 20. The lowest BCUT2D eigenvalue weighted by Gasteiger charge is -2.39.